The average Bonchev–Trinajstić information content (AvgIpc) is 3.39. The third-order valence-corrected chi connectivity index (χ3v) is 8.46. The van der Waals surface area contributed by atoms with Crippen molar-refractivity contribution in [3.8, 4) is 16.3 Å². The number of thiazole rings is 1. The summed E-state index contributed by atoms with van der Waals surface area (Å²) >= 11 is 4.80. The zero-order chi connectivity index (χ0) is 29.7. The number of aliphatic hydroxyl groups excluding tert-OH is 4. The number of para-hydroxylation sites is 1. The standard InChI is InChI=1S/C28H33BrN2O9S/c1-2-3-4-9-22(35)31-23-18(33)13-28(27(37)38,40-25(23)24(36)19(34)14-32)39-20-11-10-15(29)12-16(20)26-30-17-7-5-6-8-21(17)41-26/h5-8,10-12,18-19,23-25,32-34,36H,2-4,9,13-14H2,1H3,(H,31,35)(H,37,38). The number of rotatable bonds is 12. The van der Waals surface area contributed by atoms with E-state index < -0.39 is 61.1 Å². The first-order valence-electron chi connectivity index (χ1n) is 13.3. The highest BCUT2D eigenvalue weighted by Crippen LogP contribution is 2.41. The Bertz CT molecular complexity index is 1340. The minimum Gasteiger partial charge on any atom is -0.476 e. The Kier molecular flexibility index (Phi) is 10.3. The fourth-order valence-electron chi connectivity index (χ4n) is 4.71. The molecule has 0 saturated carbocycles. The molecular formula is C28H33BrN2O9S. The number of carbonyl (C=O) groups is 2. The number of carbonyl (C=O) groups excluding carboxylic acids is 1. The fraction of sp³-hybridized carbons (Fsp3) is 0.464. The number of aromatic nitrogens is 1. The van der Waals surface area contributed by atoms with Crippen LogP contribution in [-0.2, 0) is 14.3 Å². The van der Waals surface area contributed by atoms with Gasteiger partial charge in [-0.1, -0.05) is 47.8 Å². The Morgan fingerprint density at radius 3 is 2.68 bits per heavy atom. The number of halogens is 1. The maximum Gasteiger partial charge on any atom is 0.377 e. The predicted octanol–water partition coefficient (Wildman–Crippen LogP) is 2.81. The van der Waals surface area contributed by atoms with Crippen molar-refractivity contribution in [2.45, 2.75) is 75.3 Å². The van der Waals surface area contributed by atoms with Gasteiger partial charge in [0.2, 0.25) is 5.91 Å². The van der Waals surface area contributed by atoms with E-state index in [1.54, 1.807) is 12.1 Å². The third kappa shape index (κ3) is 7.05. The van der Waals surface area contributed by atoms with Crippen LogP contribution in [0.5, 0.6) is 5.75 Å². The molecule has 1 saturated heterocycles. The number of carboxylic acid groups (broad SMARTS) is 1. The van der Waals surface area contributed by atoms with Crippen molar-refractivity contribution >= 4 is 49.4 Å². The van der Waals surface area contributed by atoms with E-state index in [-0.39, 0.29) is 12.2 Å². The van der Waals surface area contributed by atoms with Crippen LogP contribution in [0.15, 0.2) is 46.9 Å². The van der Waals surface area contributed by atoms with E-state index in [0.29, 0.717) is 21.5 Å². The molecule has 6 atom stereocenters. The maximum atomic E-state index is 12.7. The van der Waals surface area contributed by atoms with Crippen molar-refractivity contribution in [1.82, 2.24) is 10.3 Å². The fourth-order valence-corrected chi connectivity index (χ4v) is 6.06. The van der Waals surface area contributed by atoms with Gasteiger partial charge >= 0.3 is 11.8 Å². The minimum atomic E-state index is -2.52. The lowest BCUT2D eigenvalue weighted by Crippen LogP contribution is -2.68. The van der Waals surface area contributed by atoms with Gasteiger partial charge in [0.15, 0.2) is 0 Å². The quantitative estimate of drug-likeness (QED) is 0.159. The van der Waals surface area contributed by atoms with Gasteiger partial charge < -0.3 is 40.3 Å². The molecule has 6 unspecified atom stereocenters. The number of hydrogen-bond donors (Lipinski definition) is 6. The van der Waals surface area contributed by atoms with Crippen LogP contribution in [0, 0.1) is 0 Å². The Morgan fingerprint density at radius 1 is 1.24 bits per heavy atom. The largest absolute Gasteiger partial charge is 0.476 e. The van der Waals surface area contributed by atoms with Gasteiger partial charge in [-0.2, -0.15) is 0 Å². The highest BCUT2D eigenvalue weighted by molar-refractivity contribution is 9.10. The van der Waals surface area contributed by atoms with E-state index in [9.17, 15) is 35.1 Å². The minimum absolute atomic E-state index is 0.0832. The molecule has 41 heavy (non-hydrogen) atoms. The van der Waals surface area contributed by atoms with Crippen LogP contribution in [0.25, 0.3) is 20.8 Å². The van der Waals surface area contributed by atoms with E-state index in [4.69, 9.17) is 9.47 Å². The van der Waals surface area contributed by atoms with Gasteiger partial charge in [0.1, 0.15) is 29.1 Å². The summed E-state index contributed by atoms with van der Waals surface area (Å²) in [6.45, 7) is 1.11. The molecular weight excluding hydrogens is 620 g/mol. The highest BCUT2D eigenvalue weighted by Gasteiger charge is 2.57. The normalized spacial score (nSPS) is 24.1. The zero-order valence-electron chi connectivity index (χ0n) is 22.3. The van der Waals surface area contributed by atoms with Gasteiger partial charge in [-0.25, -0.2) is 9.78 Å². The lowest BCUT2D eigenvalue weighted by molar-refractivity contribution is -0.284. The first-order valence-corrected chi connectivity index (χ1v) is 14.9. The summed E-state index contributed by atoms with van der Waals surface area (Å²) in [5.41, 5.74) is 1.20. The van der Waals surface area contributed by atoms with Crippen LogP contribution < -0.4 is 10.1 Å². The van der Waals surface area contributed by atoms with Crippen LogP contribution in [0.3, 0.4) is 0 Å². The third-order valence-electron chi connectivity index (χ3n) is 6.89. The number of fused-ring (bicyclic) bond motifs is 1. The number of unbranched alkanes of at least 4 members (excludes halogenated alkanes) is 2. The first kappa shape index (κ1) is 31.3. The number of aliphatic hydroxyl groups is 4. The molecule has 1 fully saturated rings. The zero-order valence-corrected chi connectivity index (χ0v) is 24.7. The predicted molar refractivity (Wildman–Crippen MR) is 154 cm³/mol. The van der Waals surface area contributed by atoms with E-state index >= 15 is 0 Å². The lowest BCUT2D eigenvalue weighted by Gasteiger charge is -2.46. The second-order valence-corrected chi connectivity index (χ2v) is 11.9. The maximum absolute atomic E-state index is 12.7. The Morgan fingerprint density at radius 2 is 2.00 bits per heavy atom. The van der Waals surface area contributed by atoms with Crippen molar-refractivity contribution in [3.05, 3.63) is 46.9 Å². The van der Waals surface area contributed by atoms with Gasteiger partial charge in [-0.15, -0.1) is 11.3 Å². The number of ether oxygens (including phenoxy) is 2. The van der Waals surface area contributed by atoms with Crippen molar-refractivity contribution in [2.24, 2.45) is 0 Å². The number of nitrogens with zero attached hydrogens (tertiary/aromatic N) is 1. The SMILES string of the molecule is CCCCCC(=O)NC1C(O)CC(Oc2ccc(Br)cc2-c2nc3ccccc3s2)(C(=O)O)OC1C(O)C(O)CO. The van der Waals surface area contributed by atoms with Crippen LogP contribution in [-0.4, -0.2) is 85.2 Å². The molecule has 0 bridgehead atoms. The van der Waals surface area contributed by atoms with Gasteiger partial charge in [-0.3, -0.25) is 4.79 Å². The van der Waals surface area contributed by atoms with E-state index in [2.05, 4.69) is 26.2 Å². The summed E-state index contributed by atoms with van der Waals surface area (Å²) in [6.07, 6.45) is -4.99. The van der Waals surface area contributed by atoms with Crippen LogP contribution >= 0.6 is 27.3 Å². The number of nitrogens with one attached hydrogen (secondary N) is 1. The van der Waals surface area contributed by atoms with Crippen molar-refractivity contribution in [3.63, 3.8) is 0 Å². The molecule has 1 aliphatic rings. The van der Waals surface area contributed by atoms with E-state index in [1.807, 2.05) is 31.2 Å². The molecule has 0 aliphatic carbocycles. The second-order valence-electron chi connectivity index (χ2n) is 9.93. The molecule has 6 N–H and O–H groups in total. The molecule has 1 amide bonds. The topological polar surface area (TPSA) is 179 Å². The summed E-state index contributed by atoms with van der Waals surface area (Å²) in [7, 11) is 0. The highest BCUT2D eigenvalue weighted by atomic mass is 79.9. The molecule has 0 radical (unpaired) electrons. The molecule has 13 heteroatoms. The summed E-state index contributed by atoms with van der Waals surface area (Å²) < 4.78 is 13.5. The van der Waals surface area contributed by atoms with Gasteiger partial charge in [0.25, 0.3) is 0 Å². The first-order chi connectivity index (χ1) is 19.6. The smallest absolute Gasteiger partial charge is 0.377 e. The average molecular weight is 654 g/mol. The molecule has 3 aromatic rings. The number of amides is 1. The van der Waals surface area contributed by atoms with Gasteiger partial charge in [-0.05, 0) is 36.8 Å². The molecule has 4 rings (SSSR count). The number of hydrogen-bond acceptors (Lipinski definition) is 10. The lowest BCUT2D eigenvalue weighted by atomic mass is 9.88. The van der Waals surface area contributed by atoms with E-state index in [0.717, 1.165) is 23.1 Å². The van der Waals surface area contributed by atoms with Gasteiger partial charge in [0, 0.05) is 10.9 Å². The monoisotopic (exact) mass is 652 g/mol. The van der Waals surface area contributed by atoms with Crippen molar-refractivity contribution in [1.29, 1.82) is 0 Å². The number of benzene rings is 2. The van der Waals surface area contributed by atoms with E-state index in [1.165, 1.54) is 17.4 Å². The van der Waals surface area contributed by atoms with Crippen LogP contribution in [0.1, 0.15) is 39.0 Å². The summed E-state index contributed by atoms with van der Waals surface area (Å²) in [6, 6.07) is 11.1. The number of aliphatic carboxylic acids is 1. The molecule has 222 valence electrons. The molecule has 11 nitrogen and oxygen atoms in total. The van der Waals surface area contributed by atoms with Gasteiger partial charge in [0.05, 0.1) is 41.0 Å². The summed E-state index contributed by atoms with van der Waals surface area (Å²) in [5, 5.41) is 55.1. The van der Waals surface area contributed by atoms with Crippen LogP contribution in [0.2, 0.25) is 0 Å². The Balaban J connectivity index is 1.70. The summed E-state index contributed by atoms with van der Waals surface area (Å²) in [4.78, 5) is 30.0. The molecule has 1 aliphatic heterocycles. The molecule has 2 heterocycles. The molecule has 0 spiro atoms. The Labute approximate surface area is 248 Å². The Hall–Kier alpha value is -2.65. The van der Waals surface area contributed by atoms with Crippen molar-refractivity contribution in [2.75, 3.05) is 6.61 Å². The molecule has 2 aromatic carbocycles. The number of carboxylic acids is 1. The second kappa shape index (κ2) is 13.6. The molecule has 1 aromatic heterocycles. The van der Waals surface area contributed by atoms with Crippen LogP contribution in [0.4, 0.5) is 0 Å². The summed E-state index contributed by atoms with van der Waals surface area (Å²) in [5.74, 6) is -4.47. The van der Waals surface area contributed by atoms with Crippen molar-refractivity contribution < 1.29 is 44.6 Å².